The van der Waals surface area contributed by atoms with Crippen molar-refractivity contribution >= 4 is 17.6 Å². The van der Waals surface area contributed by atoms with Crippen molar-refractivity contribution in [1.29, 1.82) is 0 Å². The molecule has 0 aliphatic heterocycles. The molecule has 1 fully saturated rings. The zero-order valence-corrected chi connectivity index (χ0v) is 19.9. The summed E-state index contributed by atoms with van der Waals surface area (Å²) < 4.78 is 6.29. The van der Waals surface area contributed by atoms with Crippen molar-refractivity contribution in [2.75, 3.05) is 5.32 Å². The molecule has 0 spiro atoms. The Bertz CT molecular complexity index is 1370. The van der Waals surface area contributed by atoms with Gasteiger partial charge < -0.3 is 20.3 Å². The van der Waals surface area contributed by atoms with Crippen molar-refractivity contribution in [1.82, 2.24) is 20.3 Å². The van der Waals surface area contributed by atoms with Crippen LogP contribution >= 0.6 is 0 Å². The summed E-state index contributed by atoms with van der Waals surface area (Å²) in [5.41, 5.74) is 4.36. The van der Waals surface area contributed by atoms with Gasteiger partial charge in [0.1, 0.15) is 5.75 Å². The van der Waals surface area contributed by atoms with Crippen molar-refractivity contribution in [2.24, 2.45) is 0 Å². The highest BCUT2D eigenvalue weighted by molar-refractivity contribution is 6.02. The van der Waals surface area contributed by atoms with E-state index in [0.717, 1.165) is 42.5 Å². The number of aromatic nitrogens is 3. The number of nitrogens with zero attached hydrogens (tertiary/aromatic N) is 3. The first-order valence-electron chi connectivity index (χ1n) is 12.0. The number of carbonyl (C=O) groups excluding carboxylic acids is 2. The van der Waals surface area contributed by atoms with Crippen LogP contribution < -0.4 is 10.6 Å². The maximum absolute atomic E-state index is 13.1. The average Bonchev–Trinajstić information content (AvgIpc) is 3.65. The number of benzene rings is 2. The first kappa shape index (κ1) is 23.3. The number of anilines is 1. The molecule has 2 amide bonds. The Labute approximate surface area is 208 Å². The van der Waals surface area contributed by atoms with Crippen LogP contribution in [-0.2, 0) is 6.54 Å². The van der Waals surface area contributed by atoms with Gasteiger partial charge in [-0.25, -0.2) is 4.79 Å². The van der Waals surface area contributed by atoms with Gasteiger partial charge in [0.2, 0.25) is 5.76 Å². The first-order valence-corrected chi connectivity index (χ1v) is 12.0. The molecule has 4 aromatic rings. The number of amides is 2. The fourth-order valence-corrected chi connectivity index (χ4v) is 4.51. The quantitative estimate of drug-likeness (QED) is 0.344. The minimum Gasteiger partial charge on any atom is -0.507 e. The number of rotatable bonds is 6. The van der Waals surface area contributed by atoms with Crippen LogP contribution in [0.3, 0.4) is 0 Å². The SMILES string of the molecule is Cc1ccc(CNC(=O)n2nc(-c3ccc(NC(=O)c4ccno4)cc3O)cc2C2CCCC2)cc1. The minimum atomic E-state index is -0.474. The van der Waals surface area contributed by atoms with Gasteiger partial charge in [0.05, 0.1) is 17.6 Å². The molecule has 1 saturated carbocycles. The maximum Gasteiger partial charge on any atom is 0.342 e. The van der Waals surface area contributed by atoms with E-state index in [-0.39, 0.29) is 23.5 Å². The predicted molar refractivity (Wildman–Crippen MR) is 134 cm³/mol. The van der Waals surface area contributed by atoms with E-state index in [2.05, 4.69) is 20.9 Å². The monoisotopic (exact) mass is 485 g/mol. The maximum atomic E-state index is 13.1. The molecule has 0 saturated heterocycles. The van der Waals surface area contributed by atoms with Crippen LogP contribution in [0.1, 0.15) is 59.0 Å². The lowest BCUT2D eigenvalue weighted by Gasteiger charge is -2.12. The van der Waals surface area contributed by atoms with Crippen LogP contribution in [0.25, 0.3) is 11.3 Å². The molecule has 0 radical (unpaired) electrons. The lowest BCUT2D eigenvalue weighted by atomic mass is 10.0. The minimum absolute atomic E-state index is 0.0620. The van der Waals surface area contributed by atoms with Gasteiger partial charge in [-0.3, -0.25) is 4.79 Å². The summed E-state index contributed by atoms with van der Waals surface area (Å²) in [7, 11) is 0. The van der Waals surface area contributed by atoms with Gasteiger partial charge >= 0.3 is 6.03 Å². The highest BCUT2D eigenvalue weighted by atomic mass is 16.5. The van der Waals surface area contributed by atoms with Gasteiger partial charge in [-0.2, -0.15) is 9.78 Å². The second-order valence-corrected chi connectivity index (χ2v) is 9.05. The van der Waals surface area contributed by atoms with Gasteiger partial charge in [0, 0.05) is 35.8 Å². The van der Waals surface area contributed by atoms with Gasteiger partial charge in [-0.1, -0.05) is 47.8 Å². The number of hydrogen-bond acceptors (Lipinski definition) is 6. The normalized spacial score (nSPS) is 13.6. The van der Waals surface area contributed by atoms with Gasteiger partial charge in [-0.05, 0) is 43.5 Å². The van der Waals surface area contributed by atoms with E-state index >= 15 is 0 Å². The average molecular weight is 486 g/mol. The molecule has 0 bridgehead atoms. The number of phenolic OH excluding ortho intramolecular Hbond substituents is 1. The molecule has 0 atom stereocenters. The summed E-state index contributed by atoms with van der Waals surface area (Å²) in [4.78, 5) is 25.4. The summed E-state index contributed by atoms with van der Waals surface area (Å²) in [5.74, 6) is -0.236. The third kappa shape index (κ3) is 5.00. The zero-order chi connectivity index (χ0) is 25.1. The third-order valence-electron chi connectivity index (χ3n) is 6.46. The van der Waals surface area contributed by atoms with Crippen molar-refractivity contribution in [3.05, 3.63) is 83.4 Å². The predicted octanol–water partition coefficient (Wildman–Crippen LogP) is 5.22. The summed E-state index contributed by atoms with van der Waals surface area (Å²) in [6.07, 6.45) is 5.59. The first-order chi connectivity index (χ1) is 17.5. The molecule has 2 heterocycles. The van der Waals surface area contributed by atoms with Gasteiger partial charge in [0.25, 0.3) is 5.91 Å². The largest absolute Gasteiger partial charge is 0.507 e. The molecular weight excluding hydrogens is 458 g/mol. The number of carbonyl (C=O) groups is 2. The van der Waals surface area contributed by atoms with E-state index in [9.17, 15) is 14.7 Å². The molecule has 2 aromatic heterocycles. The van der Waals surface area contributed by atoms with Gasteiger partial charge in [-0.15, -0.1) is 0 Å². The number of nitrogens with one attached hydrogen (secondary N) is 2. The standard InChI is InChI=1S/C27H27N5O4/c1-17-6-8-18(9-7-17)16-28-27(35)32-23(19-4-2-3-5-19)15-22(31-32)21-11-10-20(14-24(21)33)30-26(34)25-12-13-29-36-25/h6-15,19,33H,2-5,16H2,1H3,(H,28,35)(H,30,34). The van der Waals surface area contributed by atoms with E-state index in [4.69, 9.17) is 4.52 Å². The Morgan fingerprint density at radius 3 is 2.56 bits per heavy atom. The Morgan fingerprint density at radius 1 is 1.08 bits per heavy atom. The van der Waals surface area contributed by atoms with Crippen molar-refractivity contribution in [2.45, 2.75) is 45.1 Å². The summed E-state index contributed by atoms with van der Waals surface area (Å²) >= 11 is 0. The van der Waals surface area contributed by atoms with Crippen molar-refractivity contribution in [3.8, 4) is 17.0 Å². The second kappa shape index (κ2) is 10.1. The van der Waals surface area contributed by atoms with E-state index in [0.29, 0.717) is 23.5 Å². The molecule has 5 rings (SSSR count). The van der Waals surface area contributed by atoms with E-state index in [1.165, 1.54) is 23.0 Å². The Kier molecular flexibility index (Phi) is 6.53. The van der Waals surface area contributed by atoms with Crippen molar-refractivity contribution in [3.63, 3.8) is 0 Å². The van der Waals surface area contributed by atoms with Gasteiger partial charge in [0.15, 0.2) is 0 Å². The molecule has 0 unspecified atom stereocenters. The molecule has 9 nitrogen and oxygen atoms in total. The molecule has 1 aliphatic rings. The third-order valence-corrected chi connectivity index (χ3v) is 6.46. The number of aromatic hydroxyl groups is 1. The van der Waals surface area contributed by atoms with Crippen molar-refractivity contribution < 1.29 is 19.2 Å². The lowest BCUT2D eigenvalue weighted by Crippen LogP contribution is -2.30. The van der Waals surface area contributed by atoms with Crippen LogP contribution in [-0.4, -0.2) is 32.0 Å². The van der Waals surface area contributed by atoms with E-state index in [1.807, 2.05) is 37.3 Å². The Morgan fingerprint density at radius 2 is 1.86 bits per heavy atom. The highest BCUT2D eigenvalue weighted by Crippen LogP contribution is 2.38. The Balaban J connectivity index is 1.38. The molecule has 36 heavy (non-hydrogen) atoms. The molecule has 3 N–H and O–H groups in total. The zero-order valence-electron chi connectivity index (χ0n) is 19.9. The Hall–Kier alpha value is -4.40. The van der Waals surface area contributed by atoms with E-state index in [1.54, 1.807) is 12.1 Å². The fraction of sp³-hybridized carbons (Fsp3) is 0.259. The summed E-state index contributed by atoms with van der Waals surface area (Å²) in [5, 5.41) is 24.4. The fourth-order valence-electron chi connectivity index (χ4n) is 4.51. The molecule has 184 valence electrons. The molecular formula is C27H27N5O4. The summed E-state index contributed by atoms with van der Waals surface area (Å²) in [6, 6.07) is 15.8. The number of aryl methyl sites for hydroxylation is 1. The lowest BCUT2D eigenvalue weighted by molar-refractivity contribution is 0.0988. The van der Waals surface area contributed by atoms with Crippen LogP contribution in [0.4, 0.5) is 10.5 Å². The molecule has 1 aliphatic carbocycles. The van der Waals surface area contributed by atoms with E-state index < -0.39 is 5.91 Å². The van der Waals surface area contributed by atoms with Crippen LogP contribution in [0.15, 0.2) is 65.3 Å². The second-order valence-electron chi connectivity index (χ2n) is 9.05. The topological polar surface area (TPSA) is 122 Å². The van der Waals surface area contributed by atoms with Crippen LogP contribution in [0.5, 0.6) is 5.75 Å². The summed E-state index contributed by atoms with van der Waals surface area (Å²) in [6.45, 7) is 2.41. The number of hydrogen-bond donors (Lipinski definition) is 3. The molecule has 9 heteroatoms. The number of phenols is 1. The highest BCUT2D eigenvalue weighted by Gasteiger charge is 2.26. The smallest absolute Gasteiger partial charge is 0.342 e. The van der Waals surface area contributed by atoms with Crippen LogP contribution in [0.2, 0.25) is 0 Å². The molecule has 2 aromatic carbocycles. The van der Waals surface area contributed by atoms with Crippen LogP contribution in [0, 0.1) is 6.92 Å².